The Balaban J connectivity index is 1.69. The normalized spacial score (nSPS) is 17.7. The molecule has 0 radical (unpaired) electrons. The highest BCUT2D eigenvalue weighted by molar-refractivity contribution is 7.14. The molecule has 4 rings (SSSR count). The number of hydrogen-bond donors (Lipinski definition) is 1. The summed E-state index contributed by atoms with van der Waals surface area (Å²) in [5.74, 6) is -2.32. The van der Waals surface area contributed by atoms with Gasteiger partial charge in [-0.2, -0.15) is 0 Å². The molecule has 1 aliphatic rings. The summed E-state index contributed by atoms with van der Waals surface area (Å²) in [6.07, 6.45) is 1.73. The van der Waals surface area contributed by atoms with Crippen LogP contribution in [0.5, 0.6) is 0 Å². The van der Waals surface area contributed by atoms with E-state index in [1.807, 2.05) is 47.8 Å². The zero-order valence-electron chi connectivity index (χ0n) is 19.2. The number of nitrogens with zero attached hydrogens (tertiary/aromatic N) is 3. The van der Waals surface area contributed by atoms with Crippen molar-refractivity contribution in [3.63, 3.8) is 0 Å². The second-order valence-electron chi connectivity index (χ2n) is 7.73. The van der Waals surface area contributed by atoms with Gasteiger partial charge in [-0.25, -0.2) is 9.78 Å². The lowest BCUT2D eigenvalue weighted by Crippen LogP contribution is -2.36. The van der Waals surface area contributed by atoms with Crippen molar-refractivity contribution in [2.24, 2.45) is 10.9 Å². The minimum absolute atomic E-state index is 0.340. The Labute approximate surface area is 201 Å². The largest absolute Gasteiger partial charge is 0.468 e. The van der Waals surface area contributed by atoms with E-state index in [0.717, 1.165) is 22.6 Å². The van der Waals surface area contributed by atoms with Gasteiger partial charge in [0.15, 0.2) is 5.13 Å². The smallest absolute Gasteiger partial charge is 0.336 e. The van der Waals surface area contributed by atoms with Crippen molar-refractivity contribution in [2.75, 3.05) is 19.5 Å². The first-order valence-electron chi connectivity index (χ1n) is 10.6. The molecule has 0 fully saturated rings. The number of aliphatic imine (C=N–C) groups is 1. The van der Waals surface area contributed by atoms with E-state index in [9.17, 15) is 9.59 Å². The predicted octanol–water partition coefficient (Wildman–Crippen LogP) is 4.74. The Morgan fingerprint density at radius 2 is 1.85 bits per heavy atom. The van der Waals surface area contributed by atoms with Gasteiger partial charge in [-0.15, -0.1) is 11.3 Å². The lowest BCUT2D eigenvalue weighted by molar-refractivity contribution is -0.143. The molecule has 9 heteroatoms. The summed E-state index contributed by atoms with van der Waals surface area (Å²) in [6, 6.07) is 13.2. The molecule has 0 aliphatic carbocycles. The van der Waals surface area contributed by atoms with Gasteiger partial charge in [-0.05, 0) is 43.7 Å². The number of rotatable bonds is 6. The highest BCUT2D eigenvalue weighted by Crippen LogP contribution is 2.41. The number of carbonyl (C=O) groups excluding carboxylic acids is 2. The molecular formula is C25H24N4O4S. The molecule has 34 heavy (non-hydrogen) atoms. The number of nitrogens with one attached hydrogen (secondary N) is 1. The topological polar surface area (TPSA) is 103 Å². The van der Waals surface area contributed by atoms with Crippen LogP contribution in [-0.2, 0) is 19.1 Å². The molecule has 1 aromatic carbocycles. The van der Waals surface area contributed by atoms with Gasteiger partial charge in [-0.1, -0.05) is 18.2 Å². The predicted molar refractivity (Wildman–Crippen MR) is 131 cm³/mol. The summed E-state index contributed by atoms with van der Waals surface area (Å²) >= 11 is 1.46. The quantitative estimate of drug-likeness (QED) is 0.513. The fourth-order valence-corrected chi connectivity index (χ4v) is 4.83. The molecule has 1 N–H and O–H groups in total. The molecule has 2 unspecified atom stereocenters. The molecule has 8 nitrogen and oxygen atoms in total. The van der Waals surface area contributed by atoms with Crippen molar-refractivity contribution in [3.05, 3.63) is 70.9 Å². The first-order chi connectivity index (χ1) is 16.4. The third-order valence-electron chi connectivity index (χ3n) is 5.62. The number of thiazole rings is 1. The number of ether oxygens (including phenoxy) is 2. The lowest BCUT2D eigenvalue weighted by Gasteiger charge is -2.31. The van der Waals surface area contributed by atoms with Gasteiger partial charge in [-0.3, -0.25) is 14.8 Å². The molecule has 2 aromatic heterocycles. The van der Waals surface area contributed by atoms with E-state index in [2.05, 4.69) is 20.3 Å². The summed E-state index contributed by atoms with van der Waals surface area (Å²) in [5.41, 5.74) is 4.55. The van der Waals surface area contributed by atoms with Crippen LogP contribution < -0.4 is 5.32 Å². The fourth-order valence-electron chi connectivity index (χ4n) is 4.10. The van der Waals surface area contributed by atoms with E-state index in [1.165, 1.54) is 25.6 Å². The van der Waals surface area contributed by atoms with Crippen LogP contribution in [0.2, 0.25) is 0 Å². The number of benzene rings is 1. The Morgan fingerprint density at radius 1 is 1.03 bits per heavy atom. The maximum Gasteiger partial charge on any atom is 0.336 e. The first-order valence-corrected chi connectivity index (χ1v) is 11.5. The van der Waals surface area contributed by atoms with Crippen molar-refractivity contribution in [3.8, 4) is 11.4 Å². The van der Waals surface area contributed by atoms with Crippen molar-refractivity contribution in [1.29, 1.82) is 0 Å². The molecule has 0 saturated carbocycles. The Bertz CT molecular complexity index is 1280. The van der Waals surface area contributed by atoms with Gasteiger partial charge in [0.2, 0.25) is 0 Å². The van der Waals surface area contributed by atoms with Gasteiger partial charge < -0.3 is 14.8 Å². The average molecular weight is 477 g/mol. The minimum Gasteiger partial charge on any atom is -0.468 e. The van der Waals surface area contributed by atoms with Crippen LogP contribution in [-0.4, -0.2) is 41.8 Å². The molecule has 0 spiro atoms. The standard InChI is InChI=1S/C25H24N4O4S/c1-14-20(23(30)32-3)22(21(15(2)27-14)24(31)33-4)16-8-7-9-17(12-16)28-25-29-19(13-34-25)18-10-5-6-11-26-18/h5-13,20,22H,1-4H3,(H,28,29). The number of allylic oxidation sites excluding steroid dienone is 1. The second-order valence-corrected chi connectivity index (χ2v) is 8.58. The van der Waals surface area contributed by atoms with Crippen molar-refractivity contribution >= 4 is 39.8 Å². The van der Waals surface area contributed by atoms with Gasteiger partial charge in [0, 0.05) is 34.6 Å². The van der Waals surface area contributed by atoms with E-state index < -0.39 is 23.8 Å². The van der Waals surface area contributed by atoms with Crippen molar-refractivity contribution in [2.45, 2.75) is 19.8 Å². The molecule has 3 aromatic rings. The van der Waals surface area contributed by atoms with Gasteiger partial charge in [0.1, 0.15) is 11.6 Å². The zero-order chi connectivity index (χ0) is 24.2. The van der Waals surface area contributed by atoms with Gasteiger partial charge in [0.05, 0.1) is 25.5 Å². The maximum atomic E-state index is 12.7. The van der Waals surface area contributed by atoms with Crippen LogP contribution in [0.1, 0.15) is 25.3 Å². The van der Waals surface area contributed by atoms with Crippen LogP contribution in [0.3, 0.4) is 0 Å². The summed E-state index contributed by atoms with van der Waals surface area (Å²) in [4.78, 5) is 38.8. The molecule has 0 amide bonds. The fraction of sp³-hybridized carbons (Fsp3) is 0.240. The van der Waals surface area contributed by atoms with Crippen molar-refractivity contribution < 1.29 is 19.1 Å². The van der Waals surface area contributed by atoms with Crippen LogP contribution in [0.25, 0.3) is 11.4 Å². The highest BCUT2D eigenvalue weighted by Gasteiger charge is 2.42. The summed E-state index contributed by atoms with van der Waals surface area (Å²) in [6.45, 7) is 3.51. The van der Waals surface area contributed by atoms with Crippen LogP contribution >= 0.6 is 11.3 Å². The first kappa shape index (κ1) is 23.3. The number of pyridine rings is 1. The average Bonchev–Trinajstić information content (AvgIpc) is 3.32. The Kier molecular flexibility index (Phi) is 6.83. The van der Waals surface area contributed by atoms with Crippen LogP contribution in [0.15, 0.2) is 70.3 Å². The minimum atomic E-state index is -0.742. The molecule has 0 bridgehead atoms. The Morgan fingerprint density at radius 3 is 2.56 bits per heavy atom. The second kappa shape index (κ2) is 9.96. The summed E-state index contributed by atoms with van der Waals surface area (Å²) in [7, 11) is 2.65. The number of aromatic nitrogens is 2. The van der Waals surface area contributed by atoms with Gasteiger partial charge >= 0.3 is 11.9 Å². The number of methoxy groups -OCH3 is 2. The van der Waals surface area contributed by atoms with Crippen molar-refractivity contribution in [1.82, 2.24) is 9.97 Å². The highest BCUT2D eigenvalue weighted by atomic mass is 32.1. The molecule has 174 valence electrons. The molecule has 2 atom stereocenters. The van der Waals surface area contributed by atoms with E-state index in [4.69, 9.17) is 9.47 Å². The molecule has 1 aliphatic heterocycles. The number of carbonyl (C=O) groups is 2. The summed E-state index contributed by atoms with van der Waals surface area (Å²) in [5, 5.41) is 5.95. The number of esters is 2. The zero-order valence-corrected chi connectivity index (χ0v) is 20.1. The van der Waals surface area contributed by atoms with Crippen LogP contribution in [0, 0.1) is 5.92 Å². The third-order valence-corrected chi connectivity index (χ3v) is 6.37. The summed E-state index contributed by atoms with van der Waals surface area (Å²) < 4.78 is 10.1. The molecule has 0 saturated heterocycles. The maximum absolute atomic E-state index is 12.7. The van der Waals surface area contributed by atoms with E-state index in [1.54, 1.807) is 20.0 Å². The van der Waals surface area contributed by atoms with E-state index in [-0.39, 0.29) is 0 Å². The van der Waals surface area contributed by atoms with Gasteiger partial charge in [0.25, 0.3) is 0 Å². The molecular weight excluding hydrogens is 452 g/mol. The molecule has 3 heterocycles. The lowest BCUT2D eigenvalue weighted by atomic mass is 9.75. The SMILES string of the molecule is COC(=O)C1=C(C)N=C(C)C(C(=O)OC)C1c1cccc(Nc2nc(-c3ccccn3)cs2)c1. The number of anilines is 2. The monoisotopic (exact) mass is 476 g/mol. The van der Waals surface area contributed by atoms with Crippen LogP contribution in [0.4, 0.5) is 10.8 Å². The third kappa shape index (κ3) is 4.60. The van der Waals surface area contributed by atoms with E-state index >= 15 is 0 Å². The number of hydrogen-bond acceptors (Lipinski definition) is 9. The van der Waals surface area contributed by atoms with E-state index in [0.29, 0.717) is 22.1 Å². The Hall–Kier alpha value is -3.85.